The maximum absolute atomic E-state index is 12.4. The van der Waals surface area contributed by atoms with Crippen molar-refractivity contribution in [2.24, 2.45) is 0 Å². The molecule has 1 unspecified atom stereocenters. The molecule has 0 bridgehead atoms. The first-order valence-electron chi connectivity index (χ1n) is 6.81. The number of carbonyl (C=O) groups excluding carboxylic acids is 2. The lowest BCUT2D eigenvalue weighted by atomic mass is 10.1. The first-order chi connectivity index (χ1) is 9.88. The summed E-state index contributed by atoms with van der Waals surface area (Å²) >= 11 is 0. The zero-order chi connectivity index (χ0) is 15.5. The molecule has 1 saturated heterocycles. The maximum Gasteiger partial charge on any atom is 0.316 e. The fourth-order valence-electron chi connectivity index (χ4n) is 2.29. The molecule has 1 aromatic rings. The standard InChI is InChI=1S/C14H19N3O4/c1-10(18)21-14(2,3)12(19)17-8-5-11(9-17)20-13-15-6-4-7-16-13/h4,6-7,11H,5,8-9H2,1-3H3. The van der Waals surface area contributed by atoms with Crippen LogP contribution in [0.25, 0.3) is 0 Å². The van der Waals surface area contributed by atoms with Crippen molar-refractivity contribution in [1.29, 1.82) is 0 Å². The van der Waals surface area contributed by atoms with Crippen LogP contribution in [0.2, 0.25) is 0 Å². The first kappa shape index (κ1) is 15.2. The molecule has 0 saturated carbocycles. The molecular weight excluding hydrogens is 274 g/mol. The molecule has 1 amide bonds. The Kier molecular flexibility index (Phi) is 4.40. The third kappa shape index (κ3) is 3.90. The highest BCUT2D eigenvalue weighted by atomic mass is 16.6. The van der Waals surface area contributed by atoms with Crippen LogP contribution in [0.3, 0.4) is 0 Å². The molecule has 0 N–H and O–H groups in total. The highest BCUT2D eigenvalue weighted by molar-refractivity contribution is 5.87. The van der Waals surface area contributed by atoms with E-state index < -0.39 is 11.6 Å². The van der Waals surface area contributed by atoms with Crippen molar-refractivity contribution in [3.8, 4) is 6.01 Å². The zero-order valence-electron chi connectivity index (χ0n) is 12.4. The van der Waals surface area contributed by atoms with Crippen LogP contribution >= 0.6 is 0 Å². The molecule has 2 rings (SSSR count). The van der Waals surface area contributed by atoms with E-state index in [1.165, 1.54) is 6.92 Å². The van der Waals surface area contributed by atoms with Gasteiger partial charge in [-0.15, -0.1) is 0 Å². The molecule has 0 aromatic carbocycles. The lowest BCUT2D eigenvalue weighted by molar-refractivity contribution is -0.168. The van der Waals surface area contributed by atoms with Crippen LogP contribution in [-0.2, 0) is 14.3 Å². The van der Waals surface area contributed by atoms with Gasteiger partial charge in [0, 0.05) is 32.3 Å². The highest BCUT2D eigenvalue weighted by Crippen LogP contribution is 2.20. The average Bonchev–Trinajstić information content (AvgIpc) is 2.86. The molecular formula is C14H19N3O4. The largest absolute Gasteiger partial charge is 0.458 e. The van der Waals surface area contributed by atoms with E-state index in [1.807, 2.05) is 0 Å². The molecule has 1 aromatic heterocycles. The Morgan fingerprint density at radius 3 is 2.62 bits per heavy atom. The number of amides is 1. The molecule has 1 aliphatic heterocycles. The maximum atomic E-state index is 12.4. The monoisotopic (exact) mass is 293 g/mol. The molecule has 21 heavy (non-hydrogen) atoms. The number of esters is 1. The van der Waals surface area contributed by atoms with Crippen LogP contribution < -0.4 is 4.74 Å². The number of aromatic nitrogens is 2. The van der Waals surface area contributed by atoms with E-state index in [9.17, 15) is 9.59 Å². The topological polar surface area (TPSA) is 81.6 Å². The summed E-state index contributed by atoms with van der Waals surface area (Å²) in [6.45, 7) is 5.46. The molecule has 1 atom stereocenters. The summed E-state index contributed by atoms with van der Waals surface area (Å²) in [5, 5.41) is 0. The summed E-state index contributed by atoms with van der Waals surface area (Å²) in [6.07, 6.45) is 3.75. The van der Waals surface area contributed by atoms with E-state index in [0.717, 1.165) is 0 Å². The minimum Gasteiger partial charge on any atom is -0.458 e. The Morgan fingerprint density at radius 1 is 1.33 bits per heavy atom. The van der Waals surface area contributed by atoms with Crippen molar-refractivity contribution in [3.05, 3.63) is 18.5 Å². The summed E-state index contributed by atoms with van der Waals surface area (Å²) in [5.74, 6) is -0.698. The van der Waals surface area contributed by atoms with Crippen LogP contribution in [0.5, 0.6) is 6.01 Å². The Bertz CT molecular complexity index is 518. The fourth-order valence-corrected chi connectivity index (χ4v) is 2.29. The van der Waals surface area contributed by atoms with E-state index in [2.05, 4.69) is 9.97 Å². The molecule has 1 fully saturated rings. The van der Waals surface area contributed by atoms with Crippen LogP contribution in [0, 0.1) is 0 Å². The predicted molar refractivity (Wildman–Crippen MR) is 73.5 cm³/mol. The number of rotatable bonds is 4. The average molecular weight is 293 g/mol. The molecule has 114 valence electrons. The van der Waals surface area contributed by atoms with E-state index in [4.69, 9.17) is 9.47 Å². The van der Waals surface area contributed by atoms with Crippen molar-refractivity contribution < 1.29 is 19.1 Å². The van der Waals surface area contributed by atoms with Gasteiger partial charge in [0.25, 0.3) is 5.91 Å². The fraction of sp³-hybridized carbons (Fsp3) is 0.571. The highest BCUT2D eigenvalue weighted by Gasteiger charge is 2.39. The van der Waals surface area contributed by atoms with E-state index in [1.54, 1.807) is 37.2 Å². The van der Waals surface area contributed by atoms with Crippen LogP contribution in [0.15, 0.2) is 18.5 Å². The van der Waals surface area contributed by atoms with Crippen molar-refractivity contribution in [2.45, 2.75) is 38.9 Å². The second kappa shape index (κ2) is 6.07. The van der Waals surface area contributed by atoms with Gasteiger partial charge < -0.3 is 14.4 Å². The Balaban J connectivity index is 1.93. The van der Waals surface area contributed by atoms with E-state index in [-0.39, 0.29) is 12.0 Å². The van der Waals surface area contributed by atoms with Gasteiger partial charge in [0.05, 0.1) is 6.54 Å². The lowest BCUT2D eigenvalue weighted by Gasteiger charge is -2.28. The third-order valence-electron chi connectivity index (χ3n) is 3.16. The Labute approximate surface area is 123 Å². The Morgan fingerprint density at radius 2 is 2.00 bits per heavy atom. The number of likely N-dealkylation sites (tertiary alicyclic amines) is 1. The van der Waals surface area contributed by atoms with Crippen LogP contribution in [0.4, 0.5) is 0 Å². The van der Waals surface area contributed by atoms with Gasteiger partial charge in [-0.2, -0.15) is 0 Å². The predicted octanol–water partition coefficient (Wildman–Crippen LogP) is 0.798. The normalized spacial score (nSPS) is 18.4. The van der Waals surface area contributed by atoms with Gasteiger partial charge in [-0.1, -0.05) is 0 Å². The molecule has 0 aliphatic carbocycles. The van der Waals surface area contributed by atoms with Gasteiger partial charge >= 0.3 is 12.0 Å². The number of hydrogen-bond donors (Lipinski definition) is 0. The molecule has 1 aliphatic rings. The van der Waals surface area contributed by atoms with Gasteiger partial charge in [-0.3, -0.25) is 9.59 Å². The first-order valence-corrected chi connectivity index (χ1v) is 6.81. The summed E-state index contributed by atoms with van der Waals surface area (Å²) in [5.41, 5.74) is -1.16. The van der Waals surface area contributed by atoms with Gasteiger partial charge in [0.15, 0.2) is 5.60 Å². The summed E-state index contributed by atoms with van der Waals surface area (Å²) in [4.78, 5) is 33.0. The minimum atomic E-state index is -1.16. The van der Waals surface area contributed by atoms with Crippen molar-refractivity contribution in [2.75, 3.05) is 13.1 Å². The molecule has 2 heterocycles. The van der Waals surface area contributed by atoms with Gasteiger partial charge in [0.2, 0.25) is 0 Å². The number of carbonyl (C=O) groups is 2. The molecule has 7 nitrogen and oxygen atoms in total. The third-order valence-corrected chi connectivity index (χ3v) is 3.16. The number of nitrogens with zero attached hydrogens (tertiary/aromatic N) is 3. The number of hydrogen-bond acceptors (Lipinski definition) is 6. The van der Waals surface area contributed by atoms with Gasteiger partial charge in [-0.05, 0) is 19.9 Å². The molecule has 0 radical (unpaired) electrons. The van der Waals surface area contributed by atoms with Crippen LogP contribution in [-0.4, -0.2) is 51.5 Å². The minimum absolute atomic E-state index is 0.149. The second-order valence-electron chi connectivity index (χ2n) is 5.42. The summed E-state index contributed by atoms with van der Waals surface area (Å²) in [7, 11) is 0. The van der Waals surface area contributed by atoms with Crippen LogP contribution in [0.1, 0.15) is 27.2 Å². The molecule has 0 spiro atoms. The lowest BCUT2D eigenvalue weighted by Crippen LogP contribution is -2.47. The summed E-state index contributed by atoms with van der Waals surface area (Å²) in [6, 6.07) is 2.01. The molecule has 7 heteroatoms. The second-order valence-corrected chi connectivity index (χ2v) is 5.42. The Hall–Kier alpha value is -2.18. The SMILES string of the molecule is CC(=O)OC(C)(C)C(=O)N1CCC(Oc2ncccn2)C1. The quantitative estimate of drug-likeness (QED) is 0.764. The van der Waals surface area contributed by atoms with Crippen molar-refractivity contribution >= 4 is 11.9 Å². The summed E-state index contributed by atoms with van der Waals surface area (Å²) < 4.78 is 10.7. The van der Waals surface area contributed by atoms with E-state index >= 15 is 0 Å². The van der Waals surface area contributed by atoms with E-state index in [0.29, 0.717) is 25.5 Å². The van der Waals surface area contributed by atoms with Crippen molar-refractivity contribution in [3.63, 3.8) is 0 Å². The number of ether oxygens (including phenoxy) is 2. The zero-order valence-corrected chi connectivity index (χ0v) is 12.4. The smallest absolute Gasteiger partial charge is 0.316 e. The van der Waals surface area contributed by atoms with Gasteiger partial charge in [-0.25, -0.2) is 9.97 Å². The van der Waals surface area contributed by atoms with Crippen molar-refractivity contribution in [1.82, 2.24) is 14.9 Å². The van der Waals surface area contributed by atoms with Gasteiger partial charge in [0.1, 0.15) is 6.10 Å².